The van der Waals surface area contributed by atoms with E-state index in [9.17, 15) is 0 Å². The molecule has 2 aliphatic carbocycles. The van der Waals surface area contributed by atoms with Crippen molar-refractivity contribution in [3.8, 4) is 0 Å². The van der Waals surface area contributed by atoms with Crippen molar-refractivity contribution in [2.75, 3.05) is 11.9 Å². The second-order valence-corrected chi connectivity index (χ2v) is 5.50. The first-order chi connectivity index (χ1) is 7.36. The van der Waals surface area contributed by atoms with Gasteiger partial charge in [0.05, 0.1) is 0 Å². The Balaban J connectivity index is 1.85. The normalized spacial score (nSPS) is 40.7. The number of benzene rings is 1. The third kappa shape index (κ3) is 0.940. The van der Waals surface area contributed by atoms with E-state index in [1.807, 2.05) is 0 Å². The van der Waals surface area contributed by atoms with Gasteiger partial charge >= 0.3 is 0 Å². The van der Waals surface area contributed by atoms with E-state index in [4.69, 9.17) is 0 Å². The summed E-state index contributed by atoms with van der Waals surface area (Å²) in [4.78, 5) is 2.54. The number of rotatable bonds is 0. The smallest absolute Gasteiger partial charge is 0.0402 e. The number of fused-ring (bicyclic) bond motifs is 5. The van der Waals surface area contributed by atoms with Crippen molar-refractivity contribution in [2.24, 2.45) is 11.8 Å². The SMILES string of the molecule is CN1c2ccccc2C2C1CCC1C[C@H]12. The van der Waals surface area contributed by atoms with Gasteiger partial charge in [0.25, 0.3) is 0 Å². The van der Waals surface area contributed by atoms with Crippen molar-refractivity contribution in [3.63, 3.8) is 0 Å². The van der Waals surface area contributed by atoms with Crippen LogP contribution in [0.1, 0.15) is 30.7 Å². The molecule has 0 amide bonds. The number of nitrogens with zero attached hydrogens (tertiary/aromatic N) is 1. The molecule has 1 aliphatic heterocycles. The summed E-state index contributed by atoms with van der Waals surface area (Å²) in [5, 5.41) is 0. The summed E-state index contributed by atoms with van der Waals surface area (Å²) < 4.78 is 0. The molecule has 78 valence electrons. The Kier molecular flexibility index (Phi) is 1.41. The summed E-state index contributed by atoms with van der Waals surface area (Å²) in [6, 6.07) is 9.85. The van der Waals surface area contributed by atoms with Crippen LogP contribution in [0.25, 0.3) is 0 Å². The van der Waals surface area contributed by atoms with Gasteiger partial charge in [-0.1, -0.05) is 18.2 Å². The van der Waals surface area contributed by atoms with Gasteiger partial charge in [-0.05, 0) is 42.7 Å². The van der Waals surface area contributed by atoms with E-state index in [0.717, 1.165) is 23.8 Å². The van der Waals surface area contributed by atoms with Crippen LogP contribution >= 0.6 is 0 Å². The zero-order valence-electron chi connectivity index (χ0n) is 9.19. The Morgan fingerprint density at radius 2 is 2.07 bits per heavy atom. The maximum Gasteiger partial charge on any atom is 0.0402 e. The Hall–Kier alpha value is -0.980. The molecule has 4 atom stereocenters. The highest BCUT2D eigenvalue weighted by Crippen LogP contribution is 2.61. The van der Waals surface area contributed by atoms with Crippen LogP contribution in [0.15, 0.2) is 24.3 Å². The van der Waals surface area contributed by atoms with Gasteiger partial charge in [0.2, 0.25) is 0 Å². The molecule has 2 saturated carbocycles. The molecule has 0 bridgehead atoms. The Morgan fingerprint density at radius 1 is 1.20 bits per heavy atom. The van der Waals surface area contributed by atoms with E-state index >= 15 is 0 Å². The van der Waals surface area contributed by atoms with Crippen LogP contribution in [0.5, 0.6) is 0 Å². The van der Waals surface area contributed by atoms with E-state index in [-0.39, 0.29) is 0 Å². The van der Waals surface area contributed by atoms with Crippen molar-refractivity contribution in [2.45, 2.75) is 31.2 Å². The van der Waals surface area contributed by atoms with E-state index in [1.54, 1.807) is 5.56 Å². The lowest BCUT2D eigenvalue weighted by molar-refractivity contribution is 0.377. The number of hydrogen-bond acceptors (Lipinski definition) is 1. The second-order valence-electron chi connectivity index (χ2n) is 5.50. The lowest BCUT2D eigenvalue weighted by Crippen LogP contribution is -2.33. The van der Waals surface area contributed by atoms with Crippen LogP contribution in [0.4, 0.5) is 5.69 Å². The van der Waals surface area contributed by atoms with Crippen LogP contribution in [-0.4, -0.2) is 13.1 Å². The second kappa shape index (κ2) is 2.58. The maximum atomic E-state index is 2.54. The summed E-state index contributed by atoms with van der Waals surface area (Å²) in [5.74, 6) is 2.96. The molecule has 2 fully saturated rings. The predicted molar refractivity (Wildman–Crippen MR) is 62.2 cm³/mol. The Labute approximate surface area is 91.1 Å². The minimum atomic E-state index is 0.811. The van der Waals surface area contributed by atoms with Gasteiger partial charge in [-0.15, -0.1) is 0 Å². The number of likely N-dealkylation sites (N-methyl/N-ethyl adjacent to an activating group) is 1. The maximum absolute atomic E-state index is 2.54. The molecule has 1 nitrogen and oxygen atoms in total. The first-order valence-electron chi connectivity index (χ1n) is 6.18. The highest BCUT2D eigenvalue weighted by molar-refractivity contribution is 5.62. The topological polar surface area (TPSA) is 3.24 Å². The fourth-order valence-electron chi connectivity index (χ4n) is 4.03. The van der Waals surface area contributed by atoms with Crippen molar-refractivity contribution in [1.82, 2.24) is 0 Å². The highest BCUT2D eigenvalue weighted by Gasteiger charge is 2.54. The number of anilines is 1. The summed E-state index contributed by atoms with van der Waals surface area (Å²) >= 11 is 0. The summed E-state index contributed by atoms with van der Waals surface area (Å²) in [6.45, 7) is 0. The van der Waals surface area contributed by atoms with E-state index in [2.05, 4.69) is 36.2 Å². The molecule has 3 aliphatic rings. The molecule has 4 rings (SSSR count). The van der Waals surface area contributed by atoms with Crippen LogP contribution in [0.2, 0.25) is 0 Å². The van der Waals surface area contributed by atoms with Gasteiger partial charge in [-0.3, -0.25) is 0 Å². The van der Waals surface area contributed by atoms with Crippen molar-refractivity contribution in [1.29, 1.82) is 0 Å². The summed E-state index contributed by atoms with van der Waals surface area (Å²) in [7, 11) is 2.28. The zero-order chi connectivity index (χ0) is 9.99. The monoisotopic (exact) mass is 199 g/mol. The Morgan fingerprint density at radius 3 is 3.00 bits per heavy atom. The first-order valence-corrected chi connectivity index (χ1v) is 6.18. The average molecular weight is 199 g/mol. The van der Waals surface area contributed by atoms with E-state index in [0.29, 0.717) is 0 Å². The van der Waals surface area contributed by atoms with Gasteiger partial charge in [0.1, 0.15) is 0 Å². The van der Waals surface area contributed by atoms with E-state index < -0.39 is 0 Å². The standard InChI is InChI=1S/C14H17N/c1-15-12-5-3-2-4-10(12)14-11-8-9(11)6-7-13(14)15/h2-5,9,11,13-14H,6-8H2,1H3/t9?,11-,13?,14?/m1/s1. The van der Waals surface area contributed by atoms with Crippen LogP contribution in [0.3, 0.4) is 0 Å². The van der Waals surface area contributed by atoms with Gasteiger partial charge in [-0.2, -0.15) is 0 Å². The van der Waals surface area contributed by atoms with E-state index in [1.165, 1.54) is 24.9 Å². The van der Waals surface area contributed by atoms with Crippen molar-refractivity contribution >= 4 is 5.69 Å². The molecule has 0 radical (unpaired) electrons. The van der Waals surface area contributed by atoms with Gasteiger partial charge in [0.15, 0.2) is 0 Å². The molecule has 0 saturated heterocycles. The molecule has 15 heavy (non-hydrogen) atoms. The molecule has 3 unspecified atom stereocenters. The summed E-state index contributed by atoms with van der Waals surface area (Å²) in [6.07, 6.45) is 4.39. The molecule has 0 spiro atoms. The minimum absolute atomic E-state index is 0.811. The van der Waals surface area contributed by atoms with Gasteiger partial charge in [-0.25, -0.2) is 0 Å². The largest absolute Gasteiger partial charge is 0.371 e. The fraction of sp³-hybridized carbons (Fsp3) is 0.571. The quantitative estimate of drug-likeness (QED) is 0.621. The molecular formula is C14H17N. The van der Waals surface area contributed by atoms with Gasteiger partial charge in [0, 0.05) is 24.7 Å². The third-order valence-electron chi connectivity index (χ3n) is 4.86. The first kappa shape index (κ1) is 8.20. The third-order valence-corrected chi connectivity index (χ3v) is 4.86. The van der Waals surface area contributed by atoms with Crippen LogP contribution in [0, 0.1) is 11.8 Å². The average Bonchev–Trinajstić information content (AvgIpc) is 3.01. The highest BCUT2D eigenvalue weighted by atomic mass is 15.2. The molecule has 0 aromatic heterocycles. The van der Waals surface area contributed by atoms with Crippen molar-refractivity contribution in [3.05, 3.63) is 29.8 Å². The molecule has 1 aromatic carbocycles. The fourth-order valence-corrected chi connectivity index (χ4v) is 4.03. The zero-order valence-corrected chi connectivity index (χ0v) is 9.19. The van der Waals surface area contributed by atoms with Crippen molar-refractivity contribution < 1.29 is 0 Å². The molecule has 1 heteroatoms. The lowest BCUT2D eigenvalue weighted by Gasteiger charge is -2.30. The number of hydrogen-bond donors (Lipinski definition) is 0. The summed E-state index contributed by atoms with van der Waals surface area (Å²) in [5.41, 5.74) is 3.14. The molecule has 1 heterocycles. The minimum Gasteiger partial charge on any atom is -0.371 e. The molecular weight excluding hydrogens is 182 g/mol. The number of para-hydroxylation sites is 1. The molecule has 1 aromatic rings. The van der Waals surface area contributed by atoms with Gasteiger partial charge < -0.3 is 4.90 Å². The van der Waals surface area contributed by atoms with Crippen LogP contribution in [-0.2, 0) is 0 Å². The Bertz CT molecular complexity index is 412. The predicted octanol–water partition coefficient (Wildman–Crippen LogP) is 3.02. The van der Waals surface area contributed by atoms with Crippen LogP contribution < -0.4 is 4.90 Å². The molecule has 0 N–H and O–H groups in total. The lowest BCUT2D eigenvalue weighted by atomic mass is 9.82.